The number of aromatic nitrogens is 1. The molecule has 2 heterocycles. The first-order valence-electron chi connectivity index (χ1n) is 10.3. The molecule has 5 heteroatoms. The van der Waals surface area contributed by atoms with E-state index in [2.05, 4.69) is 0 Å². The third-order valence-corrected chi connectivity index (χ3v) is 5.96. The molecule has 154 valence electrons. The van der Waals surface area contributed by atoms with Crippen LogP contribution in [0.25, 0.3) is 0 Å². The van der Waals surface area contributed by atoms with Crippen molar-refractivity contribution < 1.29 is 9.53 Å². The van der Waals surface area contributed by atoms with Gasteiger partial charge < -0.3 is 9.64 Å². The minimum Gasteiger partial charge on any atom is -0.497 e. The van der Waals surface area contributed by atoms with Gasteiger partial charge in [-0.3, -0.25) is 9.78 Å². The lowest BCUT2D eigenvalue weighted by molar-refractivity contribution is -0.131. The lowest BCUT2D eigenvalue weighted by Crippen LogP contribution is -2.32. The zero-order chi connectivity index (χ0) is 20.9. The summed E-state index contributed by atoms with van der Waals surface area (Å²) >= 11 is 6.31. The van der Waals surface area contributed by atoms with Gasteiger partial charge >= 0.3 is 0 Å². The molecule has 1 atom stereocenters. The van der Waals surface area contributed by atoms with Gasteiger partial charge in [0.05, 0.1) is 25.3 Å². The van der Waals surface area contributed by atoms with Crippen LogP contribution in [0.4, 0.5) is 0 Å². The average molecular weight is 421 g/mol. The van der Waals surface area contributed by atoms with Crippen LogP contribution in [0.15, 0.2) is 66.7 Å². The summed E-state index contributed by atoms with van der Waals surface area (Å²) in [4.78, 5) is 19.9. The maximum atomic E-state index is 13.0. The largest absolute Gasteiger partial charge is 0.497 e. The van der Waals surface area contributed by atoms with Gasteiger partial charge in [-0.2, -0.15) is 0 Å². The second kappa shape index (κ2) is 9.31. The molecule has 1 aliphatic heterocycles. The van der Waals surface area contributed by atoms with Crippen LogP contribution in [0.3, 0.4) is 0 Å². The van der Waals surface area contributed by atoms with Crippen LogP contribution in [0.1, 0.15) is 41.4 Å². The van der Waals surface area contributed by atoms with Crippen molar-refractivity contribution in [3.05, 3.63) is 94.3 Å². The molecule has 0 radical (unpaired) electrons. The van der Waals surface area contributed by atoms with Gasteiger partial charge in [-0.1, -0.05) is 48.0 Å². The van der Waals surface area contributed by atoms with Crippen LogP contribution >= 0.6 is 11.6 Å². The molecular formula is C25H25ClN2O2. The number of rotatable bonds is 6. The number of ether oxygens (including phenoxy) is 1. The molecule has 1 saturated heterocycles. The number of benzene rings is 2. The molecule has 4 rings (SSSR count). The highest BCUT2D eigenvalue weighted by atomic mass is 35.5. The highest BCUT2D eigenvalue weighted by molar-refractivity contribution is 6.31. The standard InChI is InChI=1S/C25H25ClN2O2/c1-30-21-13-11-18(12-14-21)16-25(29)28-15-5-10-24(28)23-9-4-7-20(27-23)17-19-6-2-3-8-22(19)26/h2-4,6-9,11-14,24H,5,10,15-17H2,1H3. The molecule has 0 saturated carbocycles. The SMILES string of the molecule is COc1ccc(CC(=O)N2CCCC2c2cccc(Cc3ccccc3Cl)n2)cc1. The molecule has 0 aliphatic carbocycles. The molecule has 4 nitrogen and oxygen atoms in total. The highest BCUT2D eigenvalue weighted by Gasteiger charge is 2.30. The van der Waals surface area contributed by atoms with E-state index >= 15 is 0 Å². The van der Waals surface area contributed by atoms with Gasteiger partial charge in [-0.15, -0.1) is 0 Å². The van der Waals surface area contributed by atoms with Gasteiger partial charge in [-0.25, -0.2) is 0 Å². The van der Waals surface area contributed by atoms with E-state index in [9.17, 15) is 4.79 Å². The van der Waals surface area contributed by atoms with Gasteiger partial charge in [-0.05, 0) is 54.3 Å². The smallest absolute Gasteiger partial charge is 0.227 e. The molecule has 0 bridgehead atoms. The topological polar surface area (TPSA) is 42.4 Å². The van der Waals surface area contributed by atoms with E-state index in [0.29, 0.717) is 12.8 Å². The van der Waals surface area contributed by atoms with Crippen LogP contribution < -0.4 is 4.74 Å². The van der Waals surface area contributed by atoms with Gasteiger partial charge in [0.25, 0.3) is 0 Å². The Labute approximate surface area is 182 Å². The number of methoxy groups -OCH3 is 1. The molecule has 1 amide bonds. The molecule has 30 heavy (non-hydrogen) atoms. The van der Waals surface area contributed by atoms with Gasteiger partial charge in [0, 0.05) is 23.7 Å². The highest BCUT2D eigenvalue weighted by Crippen LogP contribution is 2.32. The van der Waals surface area contributed by atoms with Crippen molar-refractivity contribution in [2.24, 2.45) is 0 Å². The van der Waals surface area contributed by atoms with Crippen LogP contribution in [-0.4, -0.2) is 29.4 Å². The third kappa shape index (κ3) is 4.65. The summed E-state index contributed by atoms with van der Waals surface area (Å²) in [6, 6.07) is 21.6. The van der Waals surface area contributed by atoms with Crippen molar-refractivity contribution in [1.29, 1.82) is 0 Å². The Balaban J connectivity index is 1.48. The summed E-state index contributed by atoms with van der Waals surface area (Å²) in [5.74, 6) is 0.936. The summed E-state index contributed by atoms with van der Waals surface area (Å²) in [6.45, 7) is 0.774. The second-order valence-electron chi connectivity index (χ2n) is 7.59. The first kappa shape index (κ1) is 20.4. The Kier molecular flexibility index (Phi) is 6.34. The number of hydrogen-bond donors (Lipinski definition) is 0. The van der Waals surface area contributed by atoms with Gasteiger partial charge in [0.1, 0.15) is 5.75 Å². The molecule has 3 aromatic rings. The van der Waals surface area contributed by atoms with Crippen molar-refractivity contribution >= 4 is 17.5 Å². The normalized spacial score (nSPS) is 15.9. The van der Waals surface area contributed by atoms with Crippen LogP contribution in [0.2, 0.25) is 5.02 Å². The van der Waals surface area contributed by atoms with Crippen molar-refractivity contribution in [3.8, 4) is 5.75 Å². The van der Waals surface area contributed by atoms with E-state index in [1.807, 2.05) is 71.6 Å². The lowest BCUT2D eigenvalue weighted by atomic mass is 10.1. The van der Waals surface area contributed by atoms with E-state index in [-0.39, 0.29) is 11.9 Å². The van der Waals surface area contributed by atoms with Crippen molar-refractivity contribution in [1.82, 2.24) is 9.88 Å². The number of pyridine rings is 1. The number of hydrogen-bond acceptors (Lipinski definition) is 3. The second-order valence-corrected chi connectivity index (χ2v) is 8.00. The lowest BCUT2D eigenvalue weighted by Gasteiger charge is -2.25. The van der Waals surface area contributed by atoms with Crippen LogP contribution in [0, 0.1) is 0 Å². The molecule has 1 fully saturated rings. The first-order chi connectivity index (χ1) is 14.6. The van der Waals surface area contributed by atoms with E-state index in [1.54, 1.807) is 7.11 Å². The summed E-state index contributed by atoms with van der Waals surface area (Å²) in [5.41, 5.74) is 3.98. The Bertz CT molecular complexity index is 1020. The third-order valence-electron chi connectivity index (χ3n) is 5.59. The summed E-state index contributed by atoms with van der Waals surface area (Å²) in [5, 5.41) is 0.752. The van der Waals surface area contributed by atoms with E-state index in [1.165, 1.54) is 0 Å². The van der Waals surface area contributed by atoms with E-state index in [4.69, 9.17) is 21.3 Å². The van der Waals surface area contributed by atoms with Crippen molar-refractivity contribution in [3.63, 3.8) is 0 Å². The maximum absolute atomic E-state index is 13.0. The monoisotopic (exact) mass is 420 g/mol. The number of nitrogens with zero attached hydrogens (tertiary/aromatic N) is 2. The maximum Gasteiger partial charge on any atom is 0.227 e. The molecule has 1 aromatic heterocycles. The molecule has 1 aliphatic rings. The summed E-state index contributed by atoms with van der Waals surface area (Å²) < 4.78 is 5.20. The quantitative estimate of drug-likeness (QED) is 0.547. The Morgan fingerprint density at radius 1 is 1.10 bits per heavy atom. The zero-order valence-electron chi connectivity index (χ0n) is 17.1. The predicted octanol–water partition coefficient (Wildman–Crippen LogP) is 5.24. The van der Waals surface area contributed by atoms with E-state index < -0.39 is 0 Å². The van der Waals surface area contributed by atoms with E-state index in [0.717, 1.165) is 52.7 Å². The van der Waals surface area contributed by atoms with Gasteiger partial charge in [0.15, 0.2) is 0 Å². The zero-order valence-corrected chi connectivity index (χ0v) is 17.8. The Morgan fingerprint density at radius 3 is 2.67 bits per heavy atom. The number of carbonyl (C=O) groups excluding carboxylic acids is 1. The van der Waals surface area contributed by atoms with Gasteiger partial charge in [0.2, 0.25) is 5.91 Å². The summed E-state index contributed by atoms with van der Waals surface area (Å²) in [7, 11) is 1.64. The fourth-order valence-corrected chi connectivity index (χ4v) is 4.21. The number of carbonyl (C=O) groups is 1. The van der Waals surface area contributed by atoms with Crippen molar-refractivity contribution in [2.45, 2.75) is 31.7 Å². The molecule has 1 unspecified atom stereocenters. The Morgan fingerprint density at radius 2 is 1.90 bits per heavy atom. The van der Waals surface area contributed by atoms with Crippen LogP contribution in [-0.2, 0) is 17.6 Å². The molecular weight excluding hydrogens is 396 g/mol. The minimum absolute atomic E-state index is 0.0296. The molecule has 2 aromatic carbocycles. The minimum atomic E-state index is 0.0296. The number of likely N-dealkylation sites (tertiary alicyclic amines) is 1. The average Bonchev–Trinajstić information content (AvgIpc) is 3.26. The molecule has 0 spiro atoms. The number of amides is 1. The summed E-state index contributed by atoms with van der Waals surface area (Å²) in [6.07, 6.45) is 3.01. The fourth-order valence-electron chi connectivity index (χ4n) is 4.01. The van der Waals surface area contributed by atoms with Crippen molar-refractivity contribution in [2.75, 3.05) is 13.7 Å². The first-order valence-corrected chi connectivity index (χ1v) is 10.6. The predicted molar refractivity (Wildman–Crippen MR) is 119 cm³/mol. The molecule has 0 N–H and O–H groups in total. The van der Waals surface area contributed by atoms with Crippen LogP contribution in [0.5, 0.6) is 5.75 Å². The number of halogens is 1. The Hall–Kier alpha value is -2.85. The fraction of sp³-hybridized carbons (Fsp3) is 0.280.